The second kappa shape index (κ2) is 6.66. The Labute approximate surface area is 137 Å². The van der Waals surface area contributed by atoms with Crippen LogP contribution in [0, 0.1) is 0 Å². The van der Waals surface area contributed by atoms with E-state index in [4.69, 9.17) is 0 Å². The molecule has 0 aromatic carbocycles. The zero-order chi connectivity index (χ0) is 15.5. The minimum Gasteiger partial charge on any atom is -0.341 e. The summed E-state index contributed by atoms with van der Waals surface area (Å²) in [4.78, 5) is 39.7. The van der Waals surface area contributed by atoms with Crippen LogP contribution in [-0.4, -0.2) is 46.5 Å². The smallest absolute Gasteiger partial charge is 0.294 e. The van der Waals surface area contributed by atoms with Crippen LogP contribution in [0.1, 0.15) is 24.8 Å². The lowest BCUT2D eigenvalue weighted by molar-refractivity contribution is -0.136. The quantitative estimate of drug-likeness (QED) is 0.797. The fourth-order valence-electron chi connectivity index (χ4n) is 2.52. The van der Waals surface area contributed by atoms with E-state index in [1.807, 2.05) is 16.8 Å². The van der Waals surface area contributed by atoms with Crippen molar-refractivity contribution in [1.82, 2.24) is 9.80 Å². The summed E-state index contributed by atoms with van der Waals surface area (Å²) in [6.07, 6.45) is 4.82. The molecule has 0 bridgehead atoms. The minimum absolute atomic E-state index is 0.140. The van der Waals surface area contributed by atoms with E-state index in [9.17, 15) is 14.4 Å². The molecule has 2 saturated heterocycles. The number of carbonyl (C=O) groups excluding carboxylic acids is 3. The largest absolute Gasteiger partial charge is 0.341 e. The molecule has 2 aliphatic heterocycles. The summed E-state index contributed by atoms with van der Waals surface area (Å²) in [5.41, 5.74) is 0.901. The molecule has 0 atom stereocenters. The number of hydrogen-bond donors (Lipinski definition) is 0. The van der Waals surface area contributed by atoms with Gasteiger partial charge in [-0.1, -0.05) is 0 Å². The van der Waals surface area contributed by atoms with Gasteiger partial charge in [0.05, 0.1) is 4.91 Å². The van der Waals surface area contributed by atoms with E-state index >= 15 is 0 Å². The predicted molar refractivity (Wildman–Crippen MR) is 87.4 cm³/mol. The standard InChI is InChI=1S/C15H16N2O3S2/c18-13(16-5-2-1-3-6-16)9-17-14(19)12(22-15(17)20)8-11-4-7-21-10-11/h4,7-8,10H,1-3,5-6,9H2/b12-8-. The first-order valence-corrected chi connectivity index (χ1v) is 8.96. The van der Waals surface area contributed by atoms with Gasteiger partial charge in [-0.05, 0) is 59.5 Å². The Morgan fingerprint density at radius 1 is 1.23 bits per heavy atom. The zero-order valence-corrected chi connectivity index (χ0v) is 13.6. The van der Waals surface area contributed by atoms with Crippen LogP contribution in [0.25, 0.3) is 6.08 Å². The van der Waals surface area contributed by atoms with Crippen LogP contribution in [-0.2, 0) is 9.59 Å². The van der Waals surface area contributed by atoms with E-state index in [-0.39, 0.29) is 23.6 Å². The molecule has 116 valence electrons. The van der Waals surface area contributed by atoms with E-state index < -0.39 is 0 Å². The molecule has 0 N–H and O–H groups in total. The van der Waals surface area contributed by atoms with Crippen molar-refractivity contribution in [2.45, 2.75) is 19.3 Å². The molecule has 3 heterocycles. The summed E-state index contributed by atoms with van der Waals surface area (Å²) in [6, 6.07) is 1.89. The van der Waals surface area contributed by atoms with Crippen LogP contribution in [0.4, 0.5) is 4.79 Å². The van der Waals surface area contributed by atoms with Crippen LogP contribution < -0.4 is 0 Å². The maximum atomic E-state index is 12.3. The highest BCUT2D eigenvalue weighted by molar-refractivity contribution is 8.18. The average Bonchev–Trinajstić information content (AvgIpc) is 3.12. The third-order valence-corrected chi connectivity index (χ3v) is 5.33. The van der Waals surface area contributed by atoms with Crippen LogP contribution in [0.5, 0.6) is 0 Å². The van der Waals surface area contributed by atoms with Gasteiger partial charge >= 0.3 is 0 Å². The molecular formula is C15H16N2O3S2. The number of thioether (sulfide) groups is 1. The second-order valence-electron chi connectivity index (χ2n) is 5.27. The van der Waals surface area contributed by atoms with Gasteiger partial charge in [0.1, 0.15) is 6.54 Å². The summed E-state index contributed by atoms with van der Waals surface area (Å²) in [5, 5.41) is 3.46. The number of carbonyl (C=O) groups is 3. The van der Waals surface area contributed by atoms with E-state index in [1.54, 1.807) is 11.0 Å². The lowest BCUT2D eigenvalue weighted by Gasteiger charge is -2.27. The number of likely N-dealkylation sites (tertiary alicyclic amines) is 1. The number of imide groups is 1. The second-order valence-corrected chi connectivity index (χ2v) is 7.04. The Morgan fingerprint density at radius 2 is 2.00 bits per heavy atom. The molecular weight excluding hydrogens is 320 g/mol. The summed E-state index contributed by atoms with van der Waals surface area (Å²) < 4.78 is 0. The fourth-order valence-corrected chi connectivity index (χ4v) is 3.98. The van der Waals surface area contributed by atoms with Crippen molar-refractivity contribution in [2.24, 2.45) is 0 Å². The molecule has 0 spiro atoms. The van der Waals surface area contributed by atoms with Crippen molar-refractivity contribution in [3.05, 3.63) is 27.3 Å². The molecule has 0 unspecified atom stereocenters. The summed E-state index contributed by atoms with van der Waals surface area (Å²) in [5.74, 6) is -0.509. The number of rotatable bonds is 3. The van der Waals surface area contributed by atoms with Crippen molar-refractivity contribution in [3.63, 3.8) is 0 Å². The van der Waals surface area contributed by atoms with Gasteiger partial charge < -0.3 is 4.90 Å². The van der Waals surface area contributed by atoms with E-state index in [2.05, 4.69) is 0 Å². The lowest BCUT2D eigenvalue weighted by Crippen LogP contribution is -2.44. The molecule has 3 rings (SSSR count). The molecule has 7 heteroatoms. The van der Waals surface area contributed by atoms with Gasteiger partial charge in [-0.15, -0.1) is 0 Å². The number of amides is 3. The van der Waals surface area contributed by atoms with E-state index in [1.165, 1.54) is 11.3 Å². The number of nitrogens with zero attached hydrogens (tertiary/aromatic N) is 2. The van der Waals surface area contributed by atoms with Crippen LogP contribution in [0.3, 0.4) is 0 Å². The Kier molecular flexibility index (Phi) is 4.63. The Morgan fingerprint density at radius 3 is 2.68 bits per heavy atom. The molecule has 2 fully saturated rings. The van der Waals surface area contributed by atoms with Crippen molar-refractivity contribution in [2.75, 3.05) is 19.6 Å². The van der Waals surface area contributed by atoms with Gasteiger partial charge in [0, 0.05) is 13.1 Å². The highest BCUT2D eigenvalue weighted by Crippen LogP contribution is 2.32. The molecule has 0 radical (unpaired) electrons. The Balaban J connectivity index is 1.68. The van der Waals surface area contributed by atoms with Crippen molar-refractivity contribution < 1.29 is 14.4 Å². The van der Waals surface area contributed by atoms with Crippen LogP contribution in [0.2, 0.25) is 0 Å². The first-order valence-electron chi connectivity index (χ1n) is 7.20. The fraction of sp³-hybridized carbons (Fsp3) is 0.400. The summed E-state index contributed by atoms with van der Waals surface area (Å²) in [7, 11) is 0. The number of hydrogen-bond acceptors (Lipinski definition) is 5. The zero-order valence-electron chi connectivity index (χ0n) is 12.0. The third kappa shape index (κ3) is 3.25. The first-order chi connectivity index (χ1) is 10.6. The molecule has 0 saturated carbocycles. The molecule has 1 aromatic heterocycles. The van der Waals surface area contributed by atoms with Crippen molar-refractivity contribution in [3.8, 4) is 0 Å². The third-order valence-electron chi connectivity index (χ3n) is 3.72. The molecule has 22 heavy (non-hydrogen) atoms. The topological polar surface area (TPSA) is 57.7 Å². The monoisotopic (exact) mass is 336 g/mol. The Hall–Kier alpha value is -1.60. The highest BCUT2D eigenvalue weighted by Gasteiger charge is 2.37. The highest BCUT2D eigenvalue weighted by atomic mass is 32.2. The molecule has 2 aliphatic rings. The predicted octanol–water partition coefficient (Wildman–Crippen LogP) is 2.80. The van der Waals surface area contributed by atoms with Crippen molar-refractivity contribution >= 4 is 46.2 Å². The van der Waals surface area contributed by atoms with Gasteiger partial charge in [-0.3, -0.25) is 19.3 Å². The Bertz CT molecular complexity index is 619. The van der Waals surface area contributed by atoms with E-state index in [0.717, 1.165) is 54.6 Å². The van der Waals surface area contributed by atoms with Crippen LogP contribution >= 0.6 is 23.1 Å². The number of piperidine rings is 1. The van der Waals surface area contributed by atoms with Gasteiger partial charge in [-0.2, -0.15) is 11.3 Å². The minimum atomic E-state index is -0.369. The van der Waals surface area contributed by atoms with E-state index in [0.29, 0.717) is 4.91 Å². The van der Waals surface area contributed by atoms with Gasteiger partial charge in [0.2, 0.25) is 5.91 Å². The maximum absolute atomic E-state index is 12.3. The SMILES string of the molecule is O=C(CN1C(=O)S/C(=C\c2ccsc2)C1=O)N1CCCCC1. The molecule has 5 nitrogen and oxygen atoms in total. The van der Waals surface area contributed by atoms with Crippen LogP contribution in [0.15, 0.2) is 21.7 Å². The van der Waals surface area contributed by atoms with Gasteiger partial charge in [-0.25, -0.2) is 0 Å². The van der Waals surface area contributed by atoms with Crippen molar-refractivity contribution in [1.29, 1.82) is 0 Å². The normalized spacial score (nSPS) is 21.0. The van der Waals surface area contributed by atoms with Gasteiger partial charge in [0.25, 0.3) is 11.1 Å². The summed E-state index contributed by atoms with van der Waals surface area (Å²) >= 11 is 2.43. The summed E-state index contributed by atoms with van der Waals surface area (Å²) in [6.45, 7) is 1.30. The maximum Gasteiger partial charge on any atom is 0.294 e. The molecule has 0 aliphatic carbocycles. The molecule has 1 aromatic rings. The lowest BCUT2D eigenvalue weighted by atomic mass is 10.1. The first kappa shape index (κ1) is 15.3. The molecule has 3 amide bonds. The van der Waals surface area contributed by atoms with Gasteiger partial charge in [0.15, 0.2) is 0 Å². The average molecular weight is 336 g/mol. The number of thiophene rings is 1.